The Morgan fingerprint density at radius 2 is 1.82 bits per heavy atom. The van der Waals surface area contributed by atoms with Crippen LogP contribution in [0.2, 0.25) is 5.02 Å². The average Bonchev–Trinajstić information content (AvgIpc) is 2.83. The van der Waals surface area contributed by atoms with Gasteiger partial charge in [0.05, 0.1) is 36.6 Å². The van der Waals surface area contributed by atoms with E-state index < -0.39 is 23.7 Å². The Bertz CT molecular complexity index is 1130. The largest absolute Gasteiger partial charge is 0.497 e. The van der Waals surface area contributed by atoms with Crippen molar-refractivity contribution in [2.45, 2.75) is 5.92 Å². The van der Waals surface area contributed by atoms with Crippen LogP contribution in [0, 0.1) is 17.2 Å². The summed E-state index contributed by atoms with van der Waals surface area (Å²) in [6.45, 7) is 0. The summed E-state index contributed by atoms with van der Waals surface area (Å²) in [7, 11) is 2.70. The number of carbonyl (C=O) groups is 3. The third-order valence-corrected chi connectivity index (χ3v) is 6.20. The number of halogens is 1. The van der Waals surface area contributed by atoms with Crippen LogP contribution in [0.1, 0.15) is 11.5 Å². The summed E-state index contributed by atoms with van der Waals surface area (Å²) in [5.74, 6) is -3.30. The van der Waals surface area contributed by atoms with Gasteiger partial charge < -0.3 is 20.1 Å². The van der Waals surface area contributed by atoms with Crippen LogP contribution in [0.5, 0.6) is 5.75 Å². The first-order valence-corrected chi connectivity index (χ1v) is 11.1. The maximum absolute atomic E-state index is 12.8. The molecule has 2 atom stereocenters. The second-order valence-electron chi connectivity index (χ2n) is 6.94. The highest BCUT2D eigenvalue weighted by molar-refractivity contribution is 8.03. The third kappa shape index (κ3) is 5.66. The molecular formula is C23H20ClN3O5S. The fraction of sp³-hybridized carbons (Fsp3) is 0.217. The van der Waals surface area contributed by atoms with E-state index >= 15 is 0 Å². The Hall–Kier alpha value is -3.48. The van der Waals surface area contributed by atoms with Gasteiger partial charge in [0.15, 0.2) is 0 Å². The highest BCUT2D eigenvalue weighted by Gasteiger charge is 2.44. The minimum Gasteiger partial charge on any atom is -0.497 e. The Labute approximate surface area is 199 Å². The summed E-state index contributed by atoms with van der Waals surface area (Å²) in [5, 5.41) is 16.0. The van der Waals surface area contributed by atoms with Crippen LogP contribution < -0.4 is 15.4 Å². The molecule has 1 aliphatic heterocycles. The third-order valence-electron chi connectivity index (χ3n) is 4.93. The molecule has 8 nitrogen and oxygen atoms in total. The van der Waals surface area contributed by atoms with E-state index in [0.29, 0.717) is 22.0 Å². The minimum atomic E-state index is -1.25. The van der Waals surface area contributed by atoms with E-state index in [1.165, 1.54) is 14.2 Å². The summed E-state index contributed by atoms with van der Waals surface area (Å²) < 4.78 is 9.98. The lowest BCUT2D eigenvalue weighted by molar-refractivity contribution is -0.150. The number of thioether (sulfide) groups is 1. The van der Waals surface area contributed by atoms with Crippen LogP contribution in [0.15, 0.2) is 59.1 Å². The fourth-order valence-electron chi connectivity index (χ4n) is 3.36. The molecule has 0 aliphatic carbocycles. The van der Waals surface area contributed by atoms with Gasteiger partial charge in [-0.3, -0.25) is 14.4 Å². The second kappa shape index (κ2) is 10.9. The van der Waals surface area contributed by atoms with Crippen LogP contribution in [0.25, 0.3) is 0 Å². The molecule has 0 radical (unpaired) electrons. The topological polar surface area (TPSA) is 118 Å². The highest BCUT2D eigenvalue weighted by atomic mass is 35.5. The van der Waals surface area contributed by atoms with Crippen LogP contribution in [-0.2, 0) is 19.1 Å². The van der Waals surface area contributed by atoms with Crippen molar-refractivity contribution in [2.75, 3.05) is 25.3 Å². The molecule has 3 rings (SSSR count). The van der Waals surface area contributed by atoms with Gasteiger partial charge in [-0.05, 0) is 42.0 Å². The summed E-state index contributed by atoms with van der Waals surface area (Å²) in [5.41, 5.74) is 1.30. The van der Waals surface area contributed by atoms with Crippen LogP contribution >= 0.6 is 23.4 Å². The molecule has 0 spiro atoms. The zero-order valence-corrected chi connectivity index (χ0v) is 19.3. The normalized spacial score (nSPS) is 17.6. The molecule has 0 saturated carbocycles. The number of hydrogen-bond donors (Lipinski definition) is 2. The first-order valence-electron chi connectivity index (χ1n) is 9.73. The Morgan fingerprint density at radius 3 is 2.39 bits per heavy atom. The van der Waals surface area contributed by atoms with E-state index in [1.807, 2.05) is 0 Å². The maximum atomic E-state index is 12.8. The van der Waals surface area contributed by atoms with Gasteiger partial charge >= 0.3 is 5.97 Å². The SMILES string of the molecule is COC(=O)C1C(=O)NC(SCC(=O)Nc2ccc(Cl)cc2)=C(C#N)C1c1ccc(OC)cc1. The lowest BCUT2D eigenvalue weighted by Gasteiger charge is -2.31. The lowest BCUT2D eigenvalue weighted by atomic mass is 9.78. The zero-order chi connectivity index (χ0) is 24.0. The number of benzene rings is 2. The summed E-state index contributed by atoms with van der Waals surface area (Å²) in [4.78, 5) is 37.6. The first kappa shape index (κ1) is 24.2. The number of methoxy groups -OCH3 is 2. The van der Waals surface area contributed by atoms with E-state index in [0.717, 1.165) is 11.8 Å². The van der Waals surface area contributed by atoms with Crippen molar-refractivity contribution in [1.29, 1.82) is 5.26 Å². The standard InChI is InChI=1S/C23H20ClN3O5S/c1-31-16-9-3-13(4-10-16)19-17(11-25)22(27-21(29)20(19)23(30)32-2)33-12-18(28)26-15-7-5-14(24)6-8-15/h3-10,19-20H,12H2,1-2H3,(H,26,28)(H,27,29). The van der Waals surface area contributed by atoms with Crippen molar-refractivity contribution in [1.82, 2.24) is 5.32 Å². The predicted molar refractivity (Wildman–Crippen MR) is 125 cm³/mol. The molecule has 2 N–H and O–H groups in total. The fourth-order valence-corrected chi connectivity index (χ4v) is 4.33. The quantitative estimate of drug-likeness (QED) is 0.455. The molecule has 0 aromatic heterocycles. The Balaban J connectivity index is 1.88. The van der Waals surface area contributed by atoms with Crippen molar-refractivity contribution < 1.29 is 23.9 Å². The molecule has 0 fully saturated rings. The monoisotopic (exact) mass is 485 g/mol. The second-order valence-corrected chi connectivity index (χ2v) is 8.36. The zero-order valence-electron chi connectivity index (χ0n) is 17.8. The number of amides is 2. The van der Waals surface area contributed by atoms with Gasteiger partial charge in [-0.15, -0.1) is 0 Å². The van der Waals surface area contributed by atoms with Gasteiger partial charge in [0.1, 0.15) is 11.7 Å². The van der Waals surface area contributed by atoms with Crippen molar-refractivity contribution in [2.24, 2.45) is 5.92 Å². The van der Waals surface area contributed by atoms with Crippen LogP contribution in [0.3, 0.4) is 0 Å². The summed E-state index contributed by atoms with van der Waals surface area (Å²) >= 11 is 6.85. The molecule has 170 valence electrons. The van der Waals surface area contributed by atoms with Crippen molar-refractivity contribution in [3.05, 3.63) is 69.7 Å². The van der Waals surface area contributed by atoms with E-state index in [4.69, 9.17) is 21.1 Å². The van der Waals surface area contributed by atoms with Crippen LogP contribution in [-0.4, -0.2) is 37.8 Å². The number of esters is 1. The Kier molecular flexibility index (Phi) is 7.98. The van der Waals surface area contributed by atoms with Gasteiger partial charge in [-0.25, -0.2) is 0 Å². The number of nitriles is 1. The molecule has 2 aromatic rings. The van der Waals surface area contributed by atoms with Gasteiger partial charge in [-0.2, -0.15) is 5.26 Å². The molecule has 2 amide bonds. The summed E-state index contributed by atoms with van der Waals surface area (Å²) in [6, 6.07) is 15.4. The van der Waals surface area contributed by atoms with Crippen molar-refractivity contribution >= 4 is 46.8 Å². The minimum absolute atomic E-state index is 0.0678. The first-order chi connectivity index (χ1) is 15.9. The van der Waals surface area contributed by atoms with Crippen molar-refractivity contribution in [3.63, 3.8) is 0 Å². The number of allylic oxidation sites excluding steroid dienone is 1. The van der Waals surface area contributed by atoms with Crippen molar-refractivity contribution in [3.8, 4) is 11.8 Å². The van der Waals surface area contributed by atoms with E-state index in [-0.39, 0.29) is 22.3 Å². The molecule has 0 saturated heterocycles. The molecular weight excluding hydrogens is 466 g/mol. The average molecular weight is 486 g/mol. The van der Waals surface area contributed by atoms with Gasteiger partial charge in [0.2, 0.25) is 11.8 Å². The van der Waals surface area contributed by atoms with Gasteiger partial charge in [0.25, 0.3) is 0 Å². The molecule has 0 bridgehead atoms. The van der Waals surface area contributed by atoms with E-state index in [1.54, 1.807) is 48.5 Å². The smallest absolute Gasteiger partial charge is 0.319 e. The Morgan fingerprint density at radius 1 is 1.15 bits per heavy atom. The molecule has 10 heteroatoms. The molecule has 2 aromatic carbocycles. The van der Waals surface area contributed by atoms with E-state index in [2.05, 4.69) is 16.7 Å². The lowest BCUT2D eigenvalue weighted by Crippen LogP contribution is -2.44. The number of hydrogen-bond acceptors (Lipinski definition) is 7. The molecule has 1 aliphatic rings. The number of nitrogens with zero attached hydrogens (tertiary/aromatic N) is 1. The van der Waals surface area contributed by atoms with Gasteiger partial charge in [-0.1, -0.05) is 35.5 Å². The predicted octanol–water partition coefficient (Wildman–Crippen LogP) is 3.46. The van der Waals surface area contributed by atoms with E-state index in [9.17, 15) is 19.6 Å². The molecule has 2 unspecified atom stereocenters. The number of ether oxygens (including phenoxy) is 2. The number of nitrogens with one attached hydrogen (secondary N) is 2. The number of anilines is 1. The molecule has 1 heterocycles. The highest BCUT2D eigenvalue weighted by Crippen LogP contribution is 2.40. The number of carbonyl (C=O) groups excluding carboxylic acids is 3. The van der Waals surface area contributed by atoms with Gasteiger partial charge in [0, 0.05) is 16.6 Å². The number of rotatable bonds is 7. The molecule has 33 heavy (non-hydrogen) atoms. The maximum Gasteiger partial charge on any atom is 0.319 e. The van der Waals surface area contributed by atoms with Crippen LogP contribution in [0.4, 0.5) is 5.69 Å². The summed E-state index contributed by atoms with van der Waals surface area (Å²) in [6.07, 6.45) is 0.